The molecule has 4 nitrogen and oxygen atoms in total. The number of aromatic nitrogens is 1. The van der Waals surface area contributed by atoms with Gasteiger partial charge in [-0.15, -0.1) is 0 Å². The second kappa shape index (κ2) is 3.52. The van der Waals surface area contributed by atoms with Crippen LogP contribution in [0.5, 0.6) is 5.75 Å². The van der Waals surface area contributed by atoms with E-state index in [1.165, 1.54) is 30.6 Å². The van der Waals surface area contributed by atoms with Gasteiger partial charge in [0.25, 0.3) is 0 Å². The molecular formula is C8H8N2O2. The van der Waals surface area contributed by atoms with Gasteiger partial charge in [0.05, 0.1) is 6.20 Å². The summed E-state index contributed by atoms with van der Waals surface area (Å²) in [5.74, 6) is -0.472. The number of hydrogen-bond donors (Lipinski definition) is 2. The molecule has 1 heterocycles. The predicted octanol–water partition coefficient (Wildman–Crippen LogP) is 0.286. The quantitative estimate of drug-likeness (QED) is 0.616. The van der Waals surface area contributed by atoms with Gasteiger partial charge in [0.15, 0.2) is 0 Å². The van der Waals surface area contributed by atoms with Crippen molar-refractivity contribution < 1.29 is 9.90 Å². The van der Waals surface area contributed by atoms with Crippen LogP contribution in [-0.4, -0.2) is 16.0 Å². The van der Waals surface area contributed by atoms with Gasteiger partial charge < -0.3 is 10.8 Å². The van der Waals surface area contributed by atoms with Crippen molar-refractivity contribution in [3.05, 3.63) is 30.1 Å². The zero-order valence-corrected chi connectivity index (χ0v) is 6.27. The highest BCUT2D eigenvalue weighted by Crippen LogP contribution is 2.09. The Balaban J connectivity index is 2.83. The van der Waals surface area contributed by atoms with E-state index in [1.807, 2.05) is 0 Å². The van der Waals surface area contributed by atoms with Crippen molar-refractivity contribution in [1.82, 2.24) is 4.98 Å². The minimum Gasteiger partial charge on any atom is -0.506 e. The molecule has 4 heteroatoms. The molecule has 0 unspecified atom stereocenters. The molecule has 0 aromatic carbocycles. The highest BCUT2D eigenvalue weighted by Gasteiger charge is 1.90. The highest BCUT2D eigenvalue weighted by atomic mass is 16.3. The van der Waals surface area contributed by atoms with Crippen LogP contribution in [-0.2, 0) is 4.79 Å². The number of amides is 1. The number of nitrogens with zero attached hydrogens (tertiary/aromatic N) is 1. The number of carbonyl (C=O) groups is 1. The highest BCUT2D eigenvalue weighted by molar-refractivity contribution is 5.90. The SMILES string of the molecule is NC(=O)/C=C/c1cncc(O)c1. The van der Waals surface area contributed by atoms with Crippen LogP contribution in [0.15, 0.2) is 24.5 Å². The van der Waals surface area contributed by atoms with E-state index in [4.69, 9.17) is 10.8 Å². The van der Waals surface area contributed by atoms with E-state index in [0.717, 1.165) is 0 Å². The normalized spacial score (nSPS) is 10.3. The molecule has 0 spiro atoms. The lowest BCUT2D eigenvalue weighted by molar-refractivity contribution is -0.113. The number of carbonyl (C=O) groups excluding carboxylic acids is 1. The van der Waals surface area contributed by atoms with Crippen LogP contribution in [0.3, 0.4) is 0 Å². The van der Waals surface area contributed by atoms with Crippen molar-refractivity contribution in [2.45, 2.75) is 0 Å². The Morgan fingerprint density at radius 1 is 1.58 bits per heavy atom. The molecule has 0 saturated carbocycles. The monoisotopic (exact) mass is 164 g/mol. The van der Waals surface area contributed by atoms with E-state index in [-0.39, 0.29) is 5.75 Å². The standard InChI is InChI=1S/C8H8N2O2/c9-8(12)2-1-6-3-7(11)5-10-4-6/h1-5,11H,(H2,9,12)/b2-1+. The molecule has 0 bridgehead atoms. The zero-order valence-electron chi connectivity index (χ0n) is 6.27. The minimum absolute atomic E-state index is 0.0571. The van der Waals surface area contributed by atoms with Crippen LogP contribution in [0.4, 0.5) is 0 Å². The van der Waals surface area contributed by atoms with Crippen molar-refractivity contribution in [2.75, 3.05) is 0 Å². The van der Waals surface area contributed by atoms with Crippen molar-refractivity contribution in [2.24, 2.45) is 5.73 Å². The fourth-order valence-electron chi connectivity index (χ4n) is 0.715. The van der Waals surface area contributed by atoms with Gasteiger partial charge in [0.1, 0.15) is 5.75 Å². The van der Waals surface area contributed by atoms with E-state index in [2.05, 4.69) is 4.98 Å². The van der Waals surface area contributed by atoms with Crippen LogP contribution in [0.25, 0.3) is 6.08 Å². The Hall–Kier alpha value is -1.84. The van der Waals surface area contributed by atoms with Gasteiger partial charge in [-0.1, -0.05) is 0 Å². The van der Waals surface area contributed by atoms with Gasteiger partial charge in [-0.2, -0.15) is 0 Å². The molecule has 1 rings (SSSR count). The first kappa shape index (κ1) is 8.26. The molecule has 0 fully saturated rings. The maximum Gasteiger partial charge on any atom is 0.241 e. The van der Waals surface area contributed by atoms with Gasteiger partial charge in [-0.05, 0) is 17.7 Å². The number of pyridine rings is 1. The smallest absolute Gasteiger partial charge is 0.241 e. The van der Waals surface area contributed by atoms with Gasteiger partial charge in [-0.3, -0.25) is 9.78 Å². The Kier molecular flexibility index (Phi) is 2.42. The fraction of sp³-hybridized carbons (Fsp3) is 0. The average Bonchev–Trinajstić information content (AvgIpc) is 2.01. The molecule has 1 amide bonds. The number of rotatable bonds is 2. The molecule has 0 aliphatic heterocycles. The van der Waals surface area contributed by atoms with Crippen LogP contribution in [0.2, 0.25) is 0 Å². The Bertz CT molecular complexity index is 321. The summed E-state index contributed by atoms with van der Waals surface area (Å²) in [7, 11) is 0. The summed E-state index contributed by atoms with van der Waals surface area (Å²) < 4.78 is 0. The number of primary amides is 1. The third kappa shape index (κ3) is 2.42. The first-order valence-electron chi connectivity index (χ1n) is 3.30. The average molecular weight is 164 g/mol. The van der Waals surface area contributed by atoms with Crippen molar-refractivity contribution >= 4 is 12.0 Å². The van der Waals surface area contributed by atoms with E-state index >= 15 is 0 Å². The molecule has 62 valence electrons. The van der Waals surface area contributed by atoms with Gasteiger partial charge >= 0.3 is 0 Å². The van der Waals surface area contributed by atoms with Gasteiger partial charge in [0, 0.05) is 12.3 Å². The molecule has 0 radical (unpaired) electrons. The number of aromatic hydroxyl groups is 1. The summed E-state index contributed by atoms with van der Waals surface area (Å²) in [6.45, 7) is 0. The fourth-order valence-corrected chi connectivity index (χ4v) is 0.715. The zero-order chi connectivity index (χ0) is 8.97. The minimum atomic E-state index is -0.529. The summed E-state index contributed by atoms with van der Waals surface area (Å²) in [4.78, 5) is 14.0. The van der Waals surface area contributed by atoms with Crippen LogP contribution < -0.4 is 5.73 Å². The lowest BCUT2D eigenvalue weighted by Crippen LogP contribution is -2.05. The molecule has 3 N–H and O–H groups in total. The molecule has 0 saturated heterocycles. The first-order valence-corrected chi connectivity index (χ1v) is 3.30. The van der Waals surface area contributed by atoms with Crippen LogP contribution in [0, 0.1) is 0 Å². The second-order valence-corrected chi connectivity index (χ2v) is 2.21. The van der Waals surface area contributed by atoms with E-state index < -0.39 is 5.91 Å². The van der Waals surface area contributed by atoms with Crippen LogP contribution in [0.1, 0.15) is 5.56 Å². The van der Waals surface area contributed by atoms with Crippen molar-refractivity contribution in [3.8, 4) is 5.75 Å². The molecule has 12 heavy (non-hydrogen) atoms. The molecule has 1 aromatic rings. The maximum absolute atomic E-state index is 10.3. The van der Waals surface area contributed by atoms with Crippen molar-refractivity contribution in [1.29, 1.82) is 0 Å². The molecule has 0 aliphatic carbocycles. The number of nitrogens with two attached hydrogens (primary N) is 1. The van der Waals surface area contributed by atoms with E-state index in [1.54, 1.807) is 0 Å². The molecule has 0 atom stereocenters. The summed E-state index contributed by atoms with van der Waals surface area (Å²) in [6.07, 6.45) is 5.51. The largest absolute Gasteiger partial charge is 0.506 e. The summed E-state index contributed by atoms with van der Waals surface area (Å²) in [6, 6.07) is 1.48. The third-order valence-electron chi connectivity index (χ3n) is 1.19. The predicted molar refractivity (Wildman–Crippen MR) is 44.1 cm³/mol. The van der Waals surface area contributed by atoms with E-state index in [9.17, 15) is 4.79 Å². The molecular weight excluding hydrogens is 156 g/mol. The van der Waals surface area contributed by atoms with Crippen LogP contribution >= 0.6 is 0 Å². The lowest BCUT2D eigenvalue weighted by Gasteiger charge is -1.92. The van der Waals surface area contributed by atoms with Gasteiger partial charge in [0.2, 0.25) is 5.91 Å². The van der Waals surface area contributed by atoms with E-state index in [0.29, 0.717) is 5.56 Å². The summed E-state index contributed by atoms with van der Waals surface area (Å²) in [5.41, 5.74) is 5.50. The third-order valence-corrected chi connectivity index (χ3v) is 1.19. The van der Waals surface area contributed by atoms with Gasteiger partial charge in [-0.25, -0.2) is 0 Å². The Morgan fingerprint density at radius 3 is 2.92 bits per heavy atom. The Labute approximate surface area is 69.4 Å². The summed E-state index contributed by atoms with van der Waals surface area (Å²) >= 11 is 0. The maximum atomic E-state index is 10.3. The Morgan fingerprint density at radius 2 is 2.33 bits per heavy atom. The first-order chi connectivity index (χ1) is 5.68. The summed E-state index contributed by atoms with van der Waals surface area (Å²) in [5, 5.41) is 8.97. The topological polar surface area (TPSA) is 76.2 Å². The van der Waals surface area contributed by atoms with Crippen molar-refractivity contribution in [3.63, 3.8) is 0 Å². The lowest BCUT2D eigenvalue weighted by atomic mass is 10.2. The second-order valence-electron chi connectivity index (χ2n) is 2.21. The molecule has 0 aliphatic rings. The number of hydrogen-bond acceptors (Lipinski definition) is 3. The molecule has 1 aromatic heterocycles.